The van der Waals surface area contributed by atoms with E-state index in [1.54, 1.807) is 6.26 Å². The molecule has 0 aromatic carbocycles. The second-order valence-corrected chi connectivity index (χ2v) is 3.73. The highest BCUT2D eigenvalue weighted by atomic mass is 16.5. The zero-order valence-electron chi connectivity index (χ0n) is 9.03. The van der Waals surface area contributed by atoms with Crippen molar-refractivity contribution < 1.29 is 9.15 Å². The van der Waals surface area contributed by atoms with Gasteiger partial charge in [0.25, 0.3) is 0 Å². The Bertz CT molecular complexity index is 354. The minimum absolute atomic E-state index is 0.168. The molecule has 0 saturated heterocycles. The van der Waals surface area contributed by atoms with Gasteiger partial charge in [-0.1, -0.05) is 6.92 Å². The van der Waals surface area contributed by atoms with Gasteiger partial charge >= 0.3 is 0 Å². The largest absolute Gasteiger partial charge is 0.496 e. The molecule has 0 amide bonds. The molecule has 0 radical (unpaired) electrons. The van der Waals surface area contributed by atoms with E-state index in [0.29, 0.717) is 0 Å². The summed E-state index contributed by atoms with van der Waals surface area (Å²) in [5, 5.41) is 0. The topological polar surface area (TPSA) is 48.4 Å². The van der Waals surface area contributed by atoms with Crippen LogP contribution in [0.2, 0.25) is 0 Å². The van der Waals surface area contributed by atoms with Crippen molar-refractivity contribution in [1.29, 1.82) is 0 Å². The number of hydrogen-bond acceptors (Lipinski definition) is 3. The number of hydrogen-bond donors (Lipinski definition) is 1. The van der Waals surface area contributed by atoms with Crippen LogP contribution in [0, 0.1) is 0 Å². The average Bonchev–Trinajstić information content (AvgIpc) is 2.77. The average molecular weight is 207 g/mol. The van der Waals surface area contributed by atoms with Gasteiger partial charge in [-0.25, -0.2) is 0 Å². The lowest BCUT2D eigenvalue weighted by atomic mass is 10.0. The monoisotopic (exact) mass is 207 g/mol. The van der Waals surface area contributed by atoms with E-state index in [1.807, 2.05) is 6.07 Å². The highest BCUT2D eigenvalue weighted by molar-refractivity contribution is 5.27. The number of furan rings is 1. The highest BCUT2D eigenvalue weighted by Crippen LogP contribution is 2.27. The van der Waals surface area contributed by atoms with E-state index in [0.717, 1.165) is 43.0 Å². The summed E-state index contributed by atoms with van der Waals surface area (Å²) in [6, 6.07) is 1.77. The molecule has 0 spiro atoms. The van der Waals surface area contributed by atoms with Crippen molar-refractivity contribution in [2.24, 2.45) is 5.73 Å². The van der Waals surface area contributed by atoms with E-state index >= 15 is 0 Å². The predicted molar refractivity (Wildman–Crippen MR) is 58.3 cm³/mol. The van der Waals surface area contributed by atoms with Crippen molar-refractivity contribution in [2.75, 3.05) is 6.61 Å². The van der Waals surface area contributed by atoms with Gasteiger partial charge in [0.2, 0.25) is 0 Å². The first-order valence-corrected chi connectivity index (χ1v) is 5.47. The molecule has 1 aliphatic heterocycles. The van der Waals surface area contributed by atoms with Crippen LogP contribution in [0.4, 0.5) is 0 Å². The van der Waals surface area contributed by atoms with Crippen LogP contribution < -0.4 is 5.73 Å². The summed E-state index contributed by atoms with van der Waals surface area (Å²) in [7, 11) is 0. The molecule has 82 valence electrons. The van der Waals surface area contributed by atoms with Crippen LogP contribution in [-0.2, 0) is 11.2 Å². The van der Waals surface area contributed by atoms with Crippen molar-refractivity contribution in [2.45, 2.75) is 32.2 Å². The third kappa shape index (κ3) is 2.07. The molecule has 1 aromatic rings. The standard InChI is InChI=1S/C12H17NO2/c1-2-10-9(6-8-15-10)12(13)11-5-3-4-7-14-11/h5-6,8,12H,2-4,7,13H2,1H3. The summed E-state index contributed by atoms with van der Waals surface area (Å²) in [4.78, 5) is 0. The summed E-state index contributed by atoms with van der Waals surface area (Å²) in [5.74, 6) is 1.84. The van der Waals surface area contributed by atoms with Crippen molar-refractivity contribution in [3.63, 3.8) is 0 Å². The van der Waals surface area contributed by atoms with Crippen LogP contribution >= 0.6 is 0 Å². The van der Waals surface area contributed by atoms with E-state index in [2.05, 4.69) is 13.0 Å². The maximum absolute atomic E-state index is 6.14. The maximum atomic E-state index is 6.14. The minimum Gasteiger partial charge on any atom is -0.496 e. The van der Waals surface area contributed by atoms with Crippen LogP contribution in [0.25, 0.3) is 0 Å². The molecule has 0 saturated carbocycles. The second-order valence-electron chi connectivity index (χ2n) is 3.73. The molecule has 1 unspecified atom stereocenters. The lowest BCUT2D eigenvalue weighted by Crippen LogP contribution is -2.18. The molecule has 0 aliphatic carbocycles. The quantitative estimate of drug-likeness (QED) is 0.828. The molecule has 2 N–H and O–H groups in total. The molecule has 0 fully saturated rings. The normalized spacial score (nSPS) is 18.1. The Balaban J connectivity index is 2.19. The van der Waals surface area contributed by atoms with E-state index in [9.17, 15) is 0 Å². The van der Waals surface area contributed by atoms with Crippen LogP contribution in [0.5, 0.6) is 0 Å². The Morgan fingerprint density at radius 1 is 1.53 bits per heavy atom. The van der Waals surface area contributed by atoms with Gasteiger partial charge in [-0.15, -0.1) is 0 Å². The van der Waals surface area contributed by atoms with Gasteiger partial charge in [0.1, 0.15) is 11.5 Å². The molecule has 3 nitrogen and oxygen atoms in total. The van der Waals surface area contributed by atoms with Crippen molar-refractivity contribution in [3.8, 4) is 0 Å². The van der Waals surface area contributed by atoms with Crippen molar-refractivity contribution in [3.05, 3.63) is 35.5 Å². The van der Waals surface area contributed by atoms with Crippen molar-refractivity contribution in [1.82, 2.24) is 0 Å². The van der Waals surface area contributed by atoms with E-state index in [-0.39, 0.29) is 6.04 Å². The maximum Gasteiger partial charge on any atom is 0.113 e. The molecular weight excluding hydrogens is 190 g/mol. The molecule has 2 heterocycles. The molecule has 1 atom stereocenters. The van der Waals surface area contributed by atoms with E-state index < -0.39 is 0 Å². The van der Waals surface area contributed by atoms with Crippen LogP contribution in [0.3, 0.4) is 0 Å². The fourth-order valence-corrected chi connectivity index (χ4v) is 1.86. The first-order valence-electron chi connectivity index (χ1n) is 5.47. The van der Waals surface area contributed by atoms with Gasteiger partial charge in [-0.05, 0) is 25.0 Å². The van der Waals surface area contributed by atoms with Gasteiger partial charge in [0.15, 0.2) is 0 Å². The van der Waals surface area contributed by atoms with Crippen molar-refractivity contribution >= 4 is 0 Å². The number of allylic oxidation sites excluding steroid dienone is 1. The number of nitrogens with two attached hydrogens (primary N) is 1. The Kier molecular flexibility index (Phi) is 3.11. The zero-order valence-corrected chi connectivity index (χ0v) is 9.03. The van der Waals surface area contributed by atoms with Crippen LogP contribution in [0.1, 0.15) is 37.1 Å². The second kappa shape index (κ2) is 4.53. The van der Waals surface area contributed by atoms with Gasteiger partial charge < -0.3 is 14.9 Å². The van der Waals surface area contributed by atoms with E-state index in [1.165, 1.54) is 0 Å². The smallest absolute Gasteiger partial charge is 0.113 e. The lowest BCUT2D eigenvalue weighted by Gasteiger charge is -2.20. The van der Waals surface area contributed by atoms with E-state index in [4.69, 9.17) is 14.9 Å². The minimum atomic E-state index is -0.168. The summed E-state index contributed by atoms with van der Waals surface area (Å²) in [5.41, 5.74) is 7.18. The van der Waals surface area contributed by atoms with Crippen LogP contribution in [-0.4, -0.2) is 6.61 Å². The fraction of sp³-hybridized carbons (Fsp3) is 0.500. The summed E-state index contributed by atoms with van der Waals surface area (Å²) < 4.78 is 10.9. The summed E-state index contributed by atoms with van der Waals surface area (Å²) in [6.07, 6.45) is 6.78. The molecule has 0 bridgehead atoms. The Hall–Kier alpha value is -1.22. The highest BCUT2D eigenvalue weighted by Gasteiger charge is 2.19. The fourth-order valence-electron chi connectivity index (χ4n) is 1.86. The lowest BCUT2D eigenvalue weighted by molar-refractivity contribution is 0.175. The first-order chi connectivity index (χ1) is 7.33. The summed E-state index contributed by atoms with van der Waals surface area (Å²) >= 11 is 0. The van der Waals surface area contributed by atoms with Gasteiger partial charge in [0, 0.05) is 12.0 Å². The SMILES string of the molecule is CCc1occc1C(N)C1=CCCCO1. The third-order valence-electron chi connectivity index (χ3n) is 2.71. The molecule has 15 heavy (non-hydrogen) atoms. The molecule has 1 aromatic heterocycles. The number of aryl methyl sites for hydroxylation is 1. The molecule has 3 heteroatoms. The third-order valence-corrected chi connectivity index (χ3v) is 2.71. The molecule has 1 aliphatic rings. The van der Waals surface area contributed by atoms with Crippen LogP contribution in [0.15, 0.2) is 28.6 Å². The summed E-state index contributed by atoms with van der Waals surface area (Å²) in [6.45, 7) is 2.84. The number of rotatable bonds is 3. The molecule has 2 rings (SSSR count). The number of ether oxygens (including phenoxy) is 1. The first kappa shape index (κ1) is 10.3. The van der Waals surface area contributed by atoms with Gasteiger partial charge in [0.05, 0.1) is 18.9 Å². The van der Waals surface area contributed by atoms with Gasteiger partial charge in [-0.3, -0.25) is 0 Å². The Morgan fingerprint density at radius 3 is 3.07 bits per heavy atom. The predicted octanol–water partition coefficient (Wildman–Crippen LogP) is 2.54. The molecular formula is C12H17NO2. The van der Waals surface area contributed by atoms with Gasteiger partial charge in [-0.2, -0.15) is 0 Å². The zero-order chi connectivity index (χ0) is 10.7. The Morgan fingerprint density at radius 2 is 2.40 bits per heavy atom. The Labute approximate surface area is 89.9 Å².